The number of aliphatic hydroxyl groups excluding tert-OH is 2. The fourth-order valence-electron chi connectivity index (χ4n) is 2.72. The molecule has 1 aliphatic rings. The monoisotopic (exact) mass is 350 g/mol. The van der Waals surface area contributed by atoms with E-state index in [2.05, 4.69) is 6.07 Å². The molecule has 0 bridgehead atoms. The number of rotatable bonds is 4. The van der Waals surface area contributed by atoms with Gasteiger partial charge in [0, 0.05) is 16.0 Å². The van der Waals surface area contributed by atoms with Gasteiger partial charge < -0.3 is 25.2 Å². The summed E-state index contributed by atoms with van der Waals surface area (Å²) < 4.78 is 6.59. The highest BCUT2D eigenvalue weighted by molar-refractivity contribution is 7.19. The number of carboxylic acids is 1. The molecule has 1 aliphatic carbocycles. The van der Waals surface area contributed by atoms with Crippen molar-refractivity contribution in [1.82, 2.24) is 0 Å². The normalized spacial score (nSPS) is 27.1. The molecule has 7 heteroatoms. The molecule has 1 aromatic carbocycles. The van der Waals surface area contributed by atoms with Gasteiger partial charge in [-0.05, 0) is 30.5 Å². The van der Waals surface area contributed by atoms with Crippen molar-refractivity contribution in [3.8, 4) is 0 Å². The zero-order valence-electron chi connectivity index (χ0n) is 13.0. The number of aliphatic hydroxyl groups is 3. The van der Waals surface area contributed by atoms with Crippen LogP contribution < -0.4 is 0 Å². The Bertz CT molecular complexity index is 811. The van der Waals surface area contributed by atoms with E-state index in [4.69, 9.17) is 9.84 Å². The maximum Gasteiger partial charge on any atom is 0.340 e. The molecule has 3 atom stereocenters. The Kier molecular flexibility index (Phi) is 4.35. The summed E-state index contributed by atoms with van der Waals surface area (Å²) in [4.78, 5) is 12.0. The number of fused-ring (bicyclic) bond motifs is 1. The van der Waals surface area contributed by atoms with E-state index in [0.29, 0.717) is 0 Å². The molecule has 2 aromatic rings. The molecule has 24 heavy (non-hydrogen) atoms. The SMILES string of the molecule is Cc1ccc2sc(COC3=C[C@@](O)(C(=O)O)C[C@@H](O)[C@@H]3O)cc2c1. The lowest BCUT2D eigenvalue weighted by atomic mass is 9.86. The van der Waals surface area contributed by atoms with Gasteiger partial charge in [0.05, 0.1) is 6.10 Å². The number of carboxylic acid groups (broad SMARTS) is 1. The molecule has 4 N–H and O–H groups in total. The Morgan fingerprint density at radius 3 is 2.83 bits per heavy atom. The molecule has 0 radical (unpaired) electrons. The molecular weight excluding hydrogens is 332 g/mol. The summed E-state index contributed by atoms with van der Waals surface area (Å²) in [5.74, 6) is -1.63. The van der Waals surface area contributed by atoms with Crippen molar-refractivity contribution < 1.29 is 30.0 Å². The molecule has 0 saturated carbocycles. The lowest BCUT2D eigenvalue weighted by molar-refractivity contribution is -0.160. The zero-order valence-corrected chi connectivity index (χ0v) is 13.8. The van der Waals surface area contributed by atoms with Crippen molar-refractivity contribution in [2.45, 2.75) is 37.8 Å². The van der Waals surface area contributed by atoms with Crippen molar-refractivity contribution in [2.24, 2.45) is 0 Å². The van der Waals surface area contributed by atoms with E-state index in [0.717, 1.165) is 26.6 Å². The van der Waals surface area contributed by atoms with Crippen molar-refractivity contribution in [2.75, 3.05) is 0 Å². The van der Waals surface area contributed by atoms with Gasteiger partial charge >= 0.3 is 5.97 Å². The maximum absolute atomic E-state index is 11.2. The van der Waals surface area contributed by atoms with Crippen molar-refractivity contribution in [3.05, 3.63) is 46.5 Å². The van der Waals surface area contributed by atoms with Gasteiger partial charge in [-0.3, -0.25) is 0 Å². The van der Waals surface area contributed by atoms with Gasteiger partial charge in [0.1, 0.15) is 18.5 Å². The standard InChI is InChI=1S/C17H18O6S/c1-9-2-3-14-10(4-9)5-11(24-14)8-23-13-7-17(22,16(20)21)6-12(18)15(13)19/h2-5,7,12,15,18-19,22H,6,8H2,1H3,(H,20,21)/t12-,15+,17-/m1/s1. The second-order valence-electron chi connectivity index (χ2n) is 6.04. The van der Waals surface area contributed by atoms with E-state index in [9.17, 15) is 20.1 Å². The van der Waals surface area contributed by atoms with Crippen LogP contribution in [0.5, 0.6) is 0 Å². The molecule has 0 fully saturated rings. The Morgan fingerprint density at radius 2 is 2.12 bits per heavy atom. The van der Waals surface area contributed by atoms with Gasteiger partial charge in [0.2, 0.25) is 0 Å². The maximum atomic E-state index is 11.2. The predicted octanol–water partition coefficient (Wildman–Crippen LogP) is 1.55. The van der Waals surface area contributed by atoms with Gasteiger partial charge in [-0.25, -0.2) is 4.79 Å². The van der Waals surface area contributed by atoms with Gasteiger partial charge in [0.15, 0.2) is 5.60 Å². The minimum atomic E-state index is -2.24. The number of aliphatic carboxylic acids is 1. The first-order valence-corrected chi connectivity index (χ1v) is 8.27. The molecule has 0 spiro atoms. The van der Waals surface area contributed by atoms with Gasteiger partial charge in [-0.2, -0.15) is 0 Å². The summed E-state index contributed by atoms with van der Waals surface area (Å²) in [6.07, 6.45) is -2.29. The van der Waals surface area contributed by atoms with Crippen molar-refractivity contribution >= 4 is 27.4 Å². The number of ether oxygens (including phenoxy) is 1. The van der Waals surface area contributed by atoms with Crippen LogP contribution >= 0.6 is 11.3 Å². The topological polar surface area (TPSA) is 107 Å². The Labute approximate surface area is 142 Å². The molecule has 128 valence electrons. The number of hydrogen-bond acceptors (Lipinski definition) is 6. The van der Waals surface area contributed by atoms with E-state index in [1.807, 2.05) is 25.1 Å². The summed E-state index contributed by atoms with van der Waals surface area (Å²) >= 11 is 1.53. The molecule has 0 unspecified atom stereocenters. The van der Waals surface area contributed by atoms with Crippen LogP contribution in [0.3, 0.4) is 0 Å². The smallest absolute Gasteiger partial charge is 0.340 e. The minimum Gasteiger partial charge on any atom is -0.490 e. The molecule has 1 aromatic heterocycles. The largest absolute Gasteiger partial charge is 0.490 e. The Morgan fingerprint density at radius 1 is 1.38 bits per heavy atom. The van der Waals surface area contributed by atoms with Crippen LogP contribution in [0.1, 0.15) is 16.9 Å². The zero-order chi connectivity index (χ0) is 17.5. The summed E-state index contributed by atoms with van der Waals surface area (Å²) in [5, 5.41) is 39.9. The summed E-state index contributed by atoms with van der Waals surface area (Å²) in [6, 6.07) is 8.04. The number of thiophene rings is 1. The van der Waals surface area contributed by atoms with Crippen molar-refractivity contribution in [1.29, 1.82) is 0 Å². The van der Waals surface area contributed by atoms with Crippen LogP contribution in [0.25, 0.3) is 10.1 Å². The average Bonchev–Trinajstić information content (AvgIpc) is 2.91. The van der Waals surface area contributed by atoms with E-state index in [1.54, 1.807) is 0 Å². The van der Waals surface area contributed by atoms with Crippen LogP contribution in [0.15, 0.2) is 36.1 Å². The van der Waals surface area contributed by atoms with Gasteiger partial charge in [-0.15, -0.1) is 11.3 Å². The Hall–Kier alpha value is -1.93. The highest BCUT2D eigenvalue weighted by Gasteiger charge is 2.44. The molecule has 0 amide bonds. The van der Waals surface area contributed by atoms with Crippen molar-refractivity contribution in [3.63, 3.8) is 0 Å². The van der Waals surface area contributed by atoms with Crippen LogP contribution in [-0.4, -0.2) is 44.2 Å². The first kappa shape index (κ1) is 16.9. The second kappa shape index (κ2) is 6.18. The fourth-order valence-corrected chi connectivity index (χ4v) is 3.68. The first-order valence-electron chi connectivity index (χ1n) is 7.45. The second-order valence-corrected chi connectivity index (χ2v) is 7.20. The number of aryl methyl sites for hydroxylation is 1. The lowest BCUT2D eigenvalue weighted by Gasteiger charge is -2.32. The summed E-state index contributed by atoms with van der Waals surface area (Å²) in [6.45, 7) is 2.12. The quantitative estimate of drug-likeness (QED) is 0.666. The fraction of sp³-hybridized carbons (Fsp3) is 0.353. The highest BCUT2D eigenvalue weighted by atomic mass is 32.1. The summed E-state index contributed by atoms with van der Waals surface area (Å²) in [7, 11) is 0. The highest BCUT2D eigenvalue weighted by Crippen LogP contribution is 2.31. The van der Waals surface area contributed by atoms with E-state index < -0.39 is 30.2 Å². The molecule has 0 saturated heterocycles. The average molecular weight is 350 g/mol. The molecule has 6 nitrogen and oxygen atoms in total. The molecule has 3 rings (SSSR count). The predicted molar refractivity (Wildman–Crippen MR) is 88.7 cm³/mol. The van der Waals surface area contributed by atoms with Gasteiger partial charge in [-0.1, -0.05) is 17.7 Å². The third-order valence-corrected chi connectivity index (χ3v) is 5.12. The molecular formula is C17H18O6S. The third-order valence-electron chi connectivity index (χ3n) is 4.03. The summed E-state index contributed by atoms with van der Waals surface area (Å²) in [5.41, 5.74) is -1.10. The van der Waals surface area contributed by atoms with Crippen LogP contribution in [-0.2, 0) is 16.1 Å². The first-order chi connectivity index (χ1) is 11.3. The lowest BCUT2D eigenvalue weighted by Crippen LogP contribution is -2.48. The van der Waals surface area contributed by atoms with Gasteiger partial charge in [0.25, 0.3) is 0 Å². The van der Waals surface area contributed by atoms with E-state index >= 15 is 0 Å². The number of benzene rings is 1. The third kappa shape index (κ3) is 3.16. The minimum absolute atomic E-state index is 0.115. The van der Waals surface area contributed by atoms with Crippen LogP contribution in [0, 0.1) is 6.92 Å². The number of carbonyl (C=O) groups is 1. The van der Waals surface area contributed by atoms with E-state index in [1.165, 1.54) is 11.3 Å². The molecule has 1 heterocycles. The van der Waals surface area contributed by atoms with Crippen LogP contribution in [0.2, 0.25) is 0 Å². The number of hydrogen-bond donors (Lipinski definition) is 4. The van der Waals surface area contributed by atoms with Crippen LogP contribution in [0.4, 0.5) is 0 Å². The Balaban J connectivity index is 1.80. The van der Waals surface area contributed by atoms with E-state index in [-0.39, 0.29) is 12.4 Å². The molecule has 0 aliphatic heterocycles.